The number of piperazine rings is 1. The van der Waals surface area contributed by atoms with E-state index in [1.165, 1.54) is 0 Å². The van der Waals surface area contributed by atoms with Gasteiger partial charge in [-0.1, -0.05) is 6.07 Å². The second-order valence-electron chi connectivity index (χ2n) is 4.97. The number of hydrogen-bond donors (Lipinski definition) is 0. The van der Waals surface area contributed by atoms with Crippen molar-refractivity contribution in [1.82, 2.24) is 9.88 Å². The van der Waals surface area contributed by atoms with Gasteiger partial charge in [-0.3, -0.25) is 4.90 Å². The number of anilines is 1. The summed E-state index contributed by atoms with van der Waals surface area (Å²) in [5.41, 5.74) is 1.47. The molecular formula is C15H22N4O. The highest BCUT2D eigenvalue weighted by molar-refractivity contribution is 5.45. The minimum Gasteiger partial charge on any atom is -0.380 e. The van der Waals surface area contributed by atoms with Gasteiger partial charge >= 0.3 is 0 Å². The first kappa shape index (κ1) is 14.8. The summed E-state index contributed by atoms with van der Waals surface area (Å²) in [6.45, 7) is 10.5. The number of nitrogens with zero attached hydrogens (tertiary/aromatic N) is 4. The van der Waals surface area contributed by atoms with Crippen molar-refractivity contribution in [2.24, 2.45) is 0 Å². The SMILES string of the molecule is CCOCCN1CCN(c2ccc(C)c(C#N)n2)CC1. The predicted molar refractivity (Wildman–Crippen MR) is 78.8 cm³/mol. The first-order chi connectivity index (χ1) is 9.74. The standard InChI is InChI=1S/C15H22N4O/c1-3-20-11-10-18-6-8-19(9-7-18)15-5-4-13(2)14(12-16)17-15/h4-5H,3,6-11H2,1-2H3. The Bertz CT molecular complexity index is 475. The number of nitriles is 1. The van der Waals surface area contributed by atoms with Crippen molar-refractivity contribution in [3.05, 3.63) is 23.4 Å². The van der Waals surface area contributed by atoms with E-state index in [0.29, 0.717) is 5.69 Å². The summed E-state index contributed by atoms with van der Waals surface area (Å²) in [6, 6.07) is 6.13. The van der Waals surface area contributed by atoms with E-state index >= 15 is 0 Å². The van der Waals surface area contributed by atoms with E-state index in [4.69, 9.17) is 10.00 Å². The summed E-state index contributed by atoms with van der Waals surface area (Å²) in [4.78, 5) is 9.09. The molecule has 1 aliphatic rings. The molecule has 0 saturated carbocycles. The van der Waals surface area contributed by atoms with Crippen molar-refractivity contribution >= 4 is 5.82 Å². The maximum atomic E-state index is 9.05. The zero-order chi connectivity index (χ0) is 14.4. The normalized spacial score (nSPS) is 16.1. The molecule has 5 heteroatoms. The van der Waals surface area contributed by atoms with Crippen LogP contribution in [0.2, 0.25) is 0 Å². The second-order valence-corrected chi connectivity index (χ2v) is 4.97. The summed E-state index contributed by atoms with van der Waals surface area (Å²) in [7, 11) is 0. The van der Waals surface area contributed by atoms with Gasteiger partial charge in [0.25, 0.3) is 0 Å². The monoisotopic (exact) mass is 274 g/mol. The minimum atomic E-state index is 0.529. The average Bonchev–Trinajstić information content (AvgIpc) is 2.49. The number of aryl methyl sites for hydroxylation is 1. The third-order valence-electron chi connectivity index (χ3n) is 3.64. The van der Waals surface area contributed by atoms with Crippen LogP contribution < -0.4 is 4.90 Å². The summed E-state index contributed by atoms with van der Waals surface area (Å²) < 4.78 is 5.39. The highest BCUT2D eigenvalue weighted by Gasteiger charge is 2.18. The van der Waals surface area contributed by atoms with Crippen molar-refractivity contribution < 1.29 is 4.74 Å². The molecule has 1 fully saturated rings. The molecule has 0 amide bonds. The van der Waals surface area contributed by atoms with Crippen molar-refractivity contribution in [3.63, 3.8) is 0 Å². The summed E-state index contributed by atoms with van der Waals surface area (Å²) in [5.74, 6) is 0.914. The fourth-order valence-electron chi connectivity index (χ4n) is 2.35. The molecule has 20 heavy (non-hydrogen) atoms. The first-order valence-electron chi connectivity index (χ1n) is 7.17. The van der Waals surface area contributed by atoms with Gasteiger partial charge in [-0.15, -0.1) is 0 Å². The zero-order valence-corrected chi connectivity index (χ0v) is 12.3. The van der Waals surface area contributed by atoms with Crippen molar-refractivity contribution in [2.75, 3.05) is 50.8 Å². The van der Waals surface area contributed by atoms with E-state index in [-0.39, 0.29) is 0 Å². The van der Waals surface area contributed by atoms with Crippen LogP contribution in [0.5, 0.6) is 0 Å². The van der Waals surface area contributed by atoms with Crippen molar-refractivity contribution in [1.29, 1.82) is 5.26 Å². The Morgan fingerprint density at radius 2 is 2.05 bits per heavy atom. The molecule has 5 nitrogen and oxygen atoms in total. The fraction of sp³-hybridized carbons (Fsp3) is 0.600. The Labute approximate surface area is 120 Å². The van der Waals surface area contributed by atoms with Gasteiger partial charge in [-0.05, 0) is 25.5 Å². The van der Waals surface area contributed by atoms with E-state index in [1.807, 2.05) is 26.0 Å². The third kappa shape index (κ3) is 3.69. The molecule has 0 aliphatic carbocycles. The number of pyridine rings is 1. The van der Waals surface area contributed by atoms with Gasteiger partial charge in [0.2, 0.25) is 0 Å². The Morgan fingerprint density at radius 1 is 1.30 bits per heavy atom. The van der Waals surface area contributed by atoms with E-state index in [1.54, 1.807) is 0 Å². The van der Waals surface area contributed by atoms with Gasteiger partial charge < -0.3 is 9.64 Å². The van der Waals surface area contributed by atoms with E-state index in [0.717, 1.165) is 57.3 Å². The number of hydrogen-bond acceptors (Lipinski definition) is 5. The fourth-order valence-corrected chi connectivity index (χ4v) is 2.35. The Balaban J connectivity index is 1.89. The Morgan fingerprint density at radius 3 is 2.70 bits per heavy atom. The third-order valence-corrected chi connectivity index (χ3v) is 3.64. The molecule has 0 bridgehead atoms. The zero-order valence-electron chi connectivity index (χ0n) is 12.3. The number of rotatable bonds is 5. The van der Waals surface area contributed by atoms with Crippen LogP contribution in [0, 0.1) is 18.3 Å². The molecular weight excluding hydrogens is 252 g/mol. The van der Waals surface area contributed by atoms with Crippen molar-refractivity contribution in [3.8, 4) is 6.07 Å². The molecule has 2 rings (SSSR count). The van der Waals surface area contributed by atoms with Crippen LogP contribution in [-0.4, -0.2) is 55.8 Å². The molecule has 0 spiro atoms. The lowest BCUT2D eigenvalue weighted by molar-refractivity contribution is 0.111. The Hall–Kier alpha value is -1.64. The van der Waals surface area contributed by atoms with E-state index in [9.17, 15) is 0 Å². The van der Waals surface area contributed by atoms with Gasteiger partial charge in [0.05, 0.1) is 6.61 Å². The van der Waals surface area contributed by atoms with Crippen LogP contribution in [0.4, 0.5) is 5.82 Å². The predicted octanol–water partition coefficient (Wildman–Crippen LogP) is 1.42. The lowest BCUT2D eigenvalue weighted by atomic mass is 10.2. The van der Waals surface area contributed by atoms with E-state index < -0.39 is 0 Å². The molecule has 1 aromatic rings. The van der Waals surface area contributed by atoms with Gasteiger partial charge in [0, 0.05) is 39.3 Å². The number of aromatic nitrogens is 1. The van der Waals surface area contributed by atoms with Crippen LogP contribution in [0.1, 0.15) is 18.2 Å². The maximum Gasteiger partial charge on any atom is 0.145 e. The minimum absolute atomic E-state index is 0.529. The lowest BCUT2D eigenvalue weighted by Crippen LogP contribution is -2.47. The lowest BCUT2D eigenvalue weighted by Gasteiger charge is -2.35. The molecule has 1 aliphatic heterocycles. The van der Waals surface area contributed by atoms with Gasteiger partial charge in [-0.2, -0.15) is 5.26 Å². The van der Waals surface area contributed by atoms with Crippen LogP contribution in [0.25, 0.3) is 0 Å². The van der Waals surface area contributed by atoms with Crippen LogP contribution in [0.3, 0.4) is 0 Å². The highest BCUT2D eigenvalue weighted by Crippen LogP contribution is 2.16. The highest BCUT2D eigenvalue weighted by atomic mass is 16.5. The van der Waals surface area contributed by atoms with Gasteiger partial charge in [-0.25, -0.2) is 4.98 Å². The number of ether oxygens (including phenoxy) is 1. The second kappa shape index (κ2) is 7.22. The van der Waals surface area contributed by atoms with Crippen LogP contribution in [0.15, 0.2) is 12.1 Å². The molecule has 1 aromatic heterocycles. The molecule has 0 N–H and O–H groups in total. The van der Waals surface area contributed by atoms with Crippen molar-refractivity contribution in [2.45, 2.75) is 13.8 Å². The molecule has 0 radical (unpaired) electrons. The molecule has 2 heterocycles. The van der Waals surface area contributed by atoms with Gasteiger partial charge in [0.1, 0.15) is 17.6 Å². The van der Waals surface area contributed by atoms with Crippen LogP contribution >= 0.6 is 0 Å². The van der Waals surface area contributed by atoms with E-state index in [2.05, 4.69) is 20.9 Å². The average molecular weight is 274 g/mol. The quantitative estimate of drug-likeness (QED) is 0.760. The maximum absolute atomic E-state index is 9.05. The summed E-state index contributed by atoms with van der Waals surface area (Å²) in [5, 5.41) is 9.05. The molecule has 108 valence electrons. The summed E-state index contributed by atoms with van der Waals surface area (Å²) >= 11 is 0. The molecule has 0 unspecified atom stereocenters. The molecule has 1 saturated heterocycles. The largest absolute Gasteiger partial charge is 0.380 e. The van der Waals surface area contributed by atoms with Crippen LogP contribution in [-0.2, 0) is 4.74 Å². The molecule has 0 atom stereocenters. The first-order valence-corrected chi connectivity index (χ1v) is 7.17. The Kier molecular flexibility index (Phi) is 5.33. The molecule has 0 aromatic carbocycles. The smallest absolute Gasteiger partial charge is 0.145 e. The van der Waals surface area contributed by atoms with Gasteiger partial charge in [0.15, 0.2) is 0 Å². The topological polar surface area (TPSA) is 52.4 Å². The summed E-state index contributed by atoms with van der Waals surface area (Å²) in [6.07, 6.45) is 0.